The van der Waals surface area contributed by atoms with Gasteiger partial charge in [-0.2, -0.15) is 0 Å². The van der Waals surface area contributed by atoms with Gasteiger partial charge in [0.1, 0.15) is 11.3 Å². The van der Waals surface area contributed by atoms with E-state index >= 15 is 0 Å². The number of anilines is 1. The van der Waals surface area contributed by atoms with Gasteiger partial charge in [-0.1, -0.05) is 42.6 Å². The highest BCUT2D eigenvalue weighted by Crippen LogP contribution is 2.41. The third-order valence-electron chi connectivity index (χ3n) is 5.63. The summed E-state index contributed by atoms with van der Waals surface area (Å²) in [6.45, 7) is 3.42. The van der Waals surface area contributed by atoms with Gasteiger partial charge in [0, 0.05) is 28.9 Å². The second-order valence-electron chi connectivity index (χ2n) is 7.68. The third-order valence-corrected chi connectivity index (χ3v) is 6.17. The van der Waals surface area contributed by atoms with Crippen LogP contribution in [0.3, 0.4) is 0 Å². The van der Waals surface area contributed by atoms with E-state index in [1.165, 1.54) is 7.11 Å². The molecule has 1 amide bonds. The summed E-state index contributed by atoms with van der Waals surface area (Å²) in [7, 11) is 1.31. The minimum Gasteiger partial charge on any atom is -0.493 e. The number of halogens is 2. The second kappa shape index (κ2) is 11.0. The maximum atomic E-state index is 13.6. The van der Waals surface area contributed by atoms with Crippen molar-refractivity contribution in [2.24, 2.45) is 0 Å². The Hall–Kier alpha value is -2.28. The van der Waals surface area contributed by atoms with Crippen molar-refractivity contribution in [3.63, 3.8) is 0 Å². The smallest absolute Gasteiger partial charge is 0.341 e. The van der Waals surface area contributed by atoms with E-state index in [-0.39, 0.29) is 11.5 Å². The molecular weight excluding hydrogens is 453 g/mol. The number of nitrogens with one attached hydrogen (secondary N) is 1. The molecule has 2 aromatic carbocycles. The molecule has 6 nitrogen and oxygen atoms in total. The summed E-state index contributed by atoms with van der Waals surface area (Å²) in [4.78, 5) is 25.9. The third kappa shape index (κ3) is 5.37. The molecule has 0 aromatic heterocycles. The topological polar surface area (TPSA) is 73.9 Å². The van der Waals surface area contributed by atoms with Crippen LogP contribution in [0, 0.1) is 0 Å². The maximum Gasteiger partial charge on any atom is 0.341 e. The lowest BCUT2D eigenvalue weighted by Gasteiger charge is -2.37. The van der Waals surface area contributed by atoms with Gasteiger partial charge in [-0.05, 0) is 55.2 Å². The molecule has 1 heterocycles. The maximum absolute atomic E-state index is 13.6. The SMILES string of the molecule is CCCCOc1ccc(NC(=O)C2(c3ccc(Cl)cc3Cl)CCOCC2)cc1C(=O)OC. The Balaban J connectivity index is 1.91. The number of methoxy groups -OCH3 is 1. The Bertz CT molecular complexity index is 973. The van der Waals surface area contributed by atoms with E-state index in [1.54, 1.807) is 36.4 Å². The van der Waals surface area contributed by atoms with Crippen LogP contribution >= 0.6 is 23.2 Å². The van der Waals surface area contributed by atoms with E-state index in [2.05, 4.69) is 12.2 Å². The van der Waals surface area contributed by atoms with Crippen LogP contribution in [0.4, 0.5) is 5.69 Å². The number of unbranched alkanes of at least 4 members (excludes halogenated alkanes) is 1. The number of carbonyl (C=O) groups excluding carboxylic acids is 2. The average molecular weight is 480 g/mol. The molecule has 2 aromatic rings. The molecule has 0 aliphatic carbocycles. The highest BCUT2D eigenvalue weighted by molar-refractivity contribution is 6.35. The van der Waals surface area contributed by atoms with Crippen LogP contribution in [-0.2, 0) is 19.7 Å². The standard InChI is InChI=1S/C24H27Cl2NO5/c1-3-4-11-32-21-8-6-17(15-18(21)22(28)30-2)27-23(29)24(9-12-31-13-10-24)19-7-5-16(25)14-20(19)26/h5-8,14-15H,3-4,9-13H2,1-2H3,(H,27,29). The first-order valence-corrected chi connectivity index (χ1v) is 11.4. The molecule has 1 N–H and O–H groups in total. The summed E-state index contributed by atoms with van der Waals surface area (Å²) in [5.41, 5.74) is 0.556. The van der Waals surface area contributed by atoms with Crippen LogP contribution in [-0.4, -0.2) is 38.8 Å². The van der Waals surface area contributed by atoms with Crippen molar-refractivity contribution in [2.45, 2.75) is 38.0 Å². The van der Waals surface area contributed by atoms with Crippen LogP contribution in [0.25, 0.3) is 0 Å². The van der Waals surface area contributed by atoms with Crippen molar-refractivity contribution in [3.05, 3.63) is 57.6 Å². The van der Waals surface area contributed by atoms with E-state index in [0.29, 0.717) is 59.7 Å². The summed E-state index contributed by atoms with van der Waals surface area (Å²) < 4.78 is 16.1. The van der Waals surface area contributed by atoms with Crippen LogP contribution in [0.15, 0.2) is 36.4 Å². The molecule has 0 radical (unpaired) electrons. The van der Waals surface area contributed by atoms with Crippen molar-refractivity contribution in [1.82, 2.24) is 0 Å². The number of esters is 1. The Labute approximate surface area is 198 Å². The first kappa shape index (κ1) is 24.4. The number of hydrogen-bond acceptors (Lipinski definition) is 5. The highest BCUT2D eigenvalue weighted by atomic mass is 35.5. The highest BCUT2D eigenvalue weighted by Gasteiger charge is 2.43. The quantitative estimate of drug-likeness (QED) is 0.391. The molecule has 0 spiro atoms. The van der Waals surface area contributed by atoms with Gasteiger partial charge in [-0.15, -0.1) is 0 Å². The van der Waals surface area contributed by atoms with Crippen LogP contribution in [0.5, 0.6) is 5.75 Å². The zero-order chi connectivity index (χ0) is 23.1. The van der Waals surface area contributed by atoms with Gasteiger partial charge in [-0.25, -0.2) is 4.79 Å². The normalized spacial score (nSPS) is 15.1. The van der Waals surface area contributed by atoms with Crippen molar-refractivity contribution >= 4 is 40.8 Å². The molecule has 1 fully saturated rings. The van der Waals surface area contributed by atoms with Gasteiger partial charge in [0.05, 0.1) is 19.1 Å². The zero-order valence-electron chi connectivity index (χ0n) is 18.2. The zero-order valence-corrected chi connectivity index (χ0v) is 19.7. The monoisotopic (exact) mass is 479 g/mol. The summed E-state index contributed by atoms with van der Waals surface area (Å²) in [5, 5.41) is 3.89. The number of ether oxygens (including phenoxy) is 3. The molecule has 0 saturated carbocycles. The minimum atomic E-state index is -0.873. The van der Waals surface area contributed by atoms with Crippen LogP contribution < -0.4 is 10.1 Å². The largest absolute Gasteiger partial charge is 0.493 e. The summed E-state index contributed by atoms with van der Waals surface area (Å²) >= 11 is 12.5. The number of carbonyl (C=O) groups is 2. The predicted molar refractivity (Wildman–Crippen MR) is 125 cm³/mol. The molecule has 8 heteroatoms. The number of hydrogen-bond donors (Lipinski definition) is 1. The van der Waals surface area contributed by atoms with Crippen molar-refractivity contribution in [3.8, 4) is 5.75 Å². The molecule has 1 aliphatic rings. The first-order valence-electron chi connectivity index (χ1n) is 10.6. The number of benzene rings is 2. The summed E-state index contributed by atoms with van der Waals surface area (Å²) in [5.74, 6) is -0.334. The Kier molecular flexibility index (Phi) is 8.40. The molecule has 0 bridgehead atoms. The molecule has 1 aliphatic heterocycles. The number of amides is 1. The molecule has 32 heavy (non-hydrogen) atoms. The Morgan fingerprint density at radius 3 is 2.53 bits per heavy atom. The van der Waals surface area contributed by atoms with Gasteiger partial charge in [0.15, 0.2) is 0 Å². The van der Waals surface area contributed by atoms with Crippen molar-refractivity contribution < 1.29 is 23.8 Å². The van der Waals surface area contributed by atoms with Gasteiger partial charge < -0.3 is 19.5 Å². The summed E-state index contributed by atoms with van der Waals surface area (Å²) in [6.07, 6.45) is 2.79. The van der Waals surface area contributed by atoms with Gasteiger partial charge in [0.2, 0.25) is 5.91 Å². The lowest BCUT2D eigenvalue weighted by molar-refractivity contribution is -0.125. The average Bonchev–Trinajstić information content (AvgIpc) is 2.79. The van der Waals surface area contributed by atoms with Gasteiger partial charge in [-0.3, -0.25) is 4.79 Å². The lowest BCUT2D eigenvalue weighted by Crippen LogP contribution is -2.45. The fourth-order valence-corrected chi connectivity index (χ4v) is 4.39. The van der Waals surface area contributed by atoms with E-state index in [4.69, 9.17) is 37.4 Å². The molecular formula is C24H27Cl2NO5. The van der Waals surface area contributed by atoms with E-state index < -0.39 is 11.4 Å². The minimum absolute atomic E-state index is 0.222. The molecule has 0 atom stereocenters. The second-order valence-corrected chi connectivity index (χ2v) is 8.52. The fraction of sp³-hybridized carbons (Fsp3) is 0.417. The Morgan fingerprint density at radius 2 is 1.88 bits per heavy atom. The fourth-order valence-electron chi connectivity index (χ4n) is 3.80. The predicted octanol–water partition coefficient (Wildman–Crippen LogP) is 5.65. The molecule has 0 unspecified atom stereocenters. The molecule has 3 rings (SSSR count). The van der Waals surface area contributed by atoms with Crippen LogP contribution in [0.2, 0.25) is 10.0 Å². The van der Waals surface area contributed by atoms with Gasteiger partial charge in [0.25, 0.3) is 0 Å². The van der Waals surface area contributed by atoms with Gasteiger partial charge >= 0.3 is 5.97 Å². The first-order chi connectivity index (χ1) is 15.4. The molecule has 1 saturated heterocycles. The Morgan fingerprint density at radius 1 is 1.12 bits per heavy atom. The van der Waals surface area contributed by atoms with Crippen molar-refractivity contribution in [1.29, 1.82) is 0 Å². The van der Waals surface area contributed by atoms with Crippen LogP contribution in [0.1, 0.15) is 48.5 Å². The van der Waals surface area contributed by atoms with E-state index in [9.17, 15) is 9.59 Å². The summed E-state index contributed by atoms with van der Waals surface area (Å²) in [6, 6.07) is 10.1. The van der Waals surface area contributed by atoms with Crippen molar-refractivity contribution in [2.75, 3.05) is 32.2 Å². The number of rotatable bonds is 8. The lowest BCUT2D eigenvalue weighted by atomic mass is 9.73. The molecule has 172 valence electrons. The van der Waals surface area contributed by atoms with E-state index in [1.807, 2.05) is 0 Å². The van der Waals surface area contributed by atoms with E-state index in [0.717, 1.165) is 12.8 Å².